The van der Waals surface area contributed by atoms with Crippen molar-refractivity contribution in [3.63, 3.8) is 0 Å². The van der Waals surface area contributed by atoms with Gasteiger partial charge in [-0.1, -0.05) is 71.4 Å². The smallest absolute Gasteiger partial charge is 0.199 e. The van der Waals surface area contributed by atoms with E-state index in [1.807, 2.05) is 28.7 Å². The van der Waals surface area contributed by atoms with Crippen LogP contribution in [0.2, 0.25) is 0 Å². The van der Waals surface area contributed by atoms with E-state index in [2.05, 4.69) is 104 Å². The Kier molecular flexibility index (Phi) is 10.9. The zero-order chi connectivity index (χ0) is 32.1. The van der Waals surface area contributed by atoms with Crippen LogP contribution in [0.3, 0.4) is 0 Å². The standard InChI is InChI=1S/C26H31N3O.C12H18O/c1-9-21-12-13-23(30-8)29-25(22-11-10-17(2)19(4)16-22)24(27-26(21)29)20(5)18(3)14-15-28(6)7;1-5-9-6-7-10(11(13)8-9)12(2,3)4/h1,10-13,16,18H,5,14-15H2,2-4,6-8H3;6-8,13H,5H2,1-4H3. The number of hydrogen-bond donors (Lipinski definition) is 1. The summed E-state index contributed by atoms with van der Waals surface area (Å²) in [7, 11) is 5.85. The second kappa shape index (κ2) is 14.0. The van der Waals surface area contributed by atoms with Crippen LogP contribution in [0, 0.1) is 32.1 Å². The van der Waals surface area contributed by atoms with Gasteiger partial charge in [-0.3, -0.25) is 4.40 Å². The van der Waals surface area contributed by atoms with Crippen LogP contribution in [-0.4, -0.2) is 47.1 Å². The summed E-state index contributed by atoms with van der Waals surface area (Å²) in [6.07, 6.45) is 7.77. The van der Waals surface area contributed by atoms with E-state index >= 15 is 0 Å². The molecule has 43 heavy (non-hydrogen) atoms. The number of fused-ring (bicyclic) bond motifs is 1. The Balaban J connectivity index is 0.000000326. The molecule has 2 aromatic heterocycles. The summed E-state index contributed by atoms with van der Waals surface area (Å²) in [4.78, 5) is 7.19. The lowest BCUT2D eigenvalue weighted by atomic mass is 9.86. The first-order valence-corrected chi connectivity index (χ1v) is 15.0. The third-order valence-electron chi connectivity index (χ3n) is 8.06. The van der Waals surface area contributed by atoms with Crippen molar-refractivity contribution in [1.82, 2.24) is 14.3 Å². The van der Waals surface area contributed by atoms with Gasteiger partial charge in [0.15, 0.2) is 11.5 Å². The van der Waals surface area contributed by atoms with Gasteiger partial charge in [0.05, 0.1) is 24.1 Å². The Labute approximate surface area is 259 Å². The van der Waals surface area contributed by atoms with Crippen molar-refractivity contribution < 1.29 is 9.84 Å². The summed E-state index contributed by atoms with van der Waals surface area (Å²) in [6, 6.07) is 16.2. The van der Waals surface area contributed by atoms with Gasteiger partial charge >= 0.3 is 0 Å². The Morgan fingerprint density at radius 1 is 1.09 bits per heavy atom. The van der Waals surface area contributed by atoms with Crippen LogP contribution in [0.25, 0.3) is 22.5 Å². The van der Waals surface area contributed by atoms with E-state index in [1.165, 1.54) is 16.7 Å². The van der Waals surface area contributed by atoms with Crippen molar-refractivity contribution in [2.45, 2.75) is 66.7 Å². The Morgan fingerprint density at radius 2 is 1.79 bits per heavy atom. The summed E-state index contributed by atoms with van der Waals surface area (Å²) in [5.41, 5.74) is 10.1. The number of hydrogen-bond acceptors (Lipinski definition) is 4. The lowest BCUT2D eigenvalue weighted by Crippen LogP contribution is -2.16. The van der Waals surface area contributed by atoms with Crippen molar-refractivity contribution in [2.75, 3.05) is 27.7 Å². The van der Waals surface area contributed by atoms with Gasteiger partial charge in [0.2, 0.25) is 0 Å². The molecule has 1 N–H and O–H groups in total. The van der Waals surface area contributed by atoms with Gasteiger partial charge in [0.25, 0.3) is 0 Å². The number of imidazole rings is 1. The van der Waals surface area contributed by atoms with Crippen molar-refractivity contribution in [3.8, 4) is 35.2 Å². The van der Waals surface area contributed by atoms with Crippen LogP contribution < -0.4 is 4.74 Å². The lowest BCUT2D eigenvalue weighted by molar-refractivity contribution is 0.382. The second-order valence-corrected chi connectivity index (χ2v) is 12.7. The average molecular weight is 580 g/mol. The van der Waals surface area contributed by atoms with E-state index < -0.39 is 0 Å². The number of terminal acetylenes is 1. The van der Waals surface area contributed by atoms with Crippen molar-refractivity contribution in [2.24, 2.45) is 5.92 Å². The molecule has 5 heteroatoms. The lowest BCUT2D eigenvalue weighted by Gasteiger charge is -2.20. The molecule has 0 aliphatic carbocycles. The van der Waals surface area contributed by atoms with Crippen LogP contribution >= 0.6 is 0 Å². The molecule has 0 saturated carbocycles. The molecule has 2 aromatic carbocycles. The molecular formula is C38H49N3O2. The number of rotatable bonds is 8. The Morgan fingerprint density at radius 3 is 2.33 bits per heavy atom. The monoisotopic (exact) mass is 579 g/mol. The molecule has 1 unspecified atom stereocenters. The van der Waals surface area contributed by atoms with E-state index in [0.29, 0.717) is 11.6 Å². The van der Waals surface area contributed by atoms with E-state index in [0.717, 1.165) is 58.7 Å². The van der Waals surface area contributed by atoms with Crippen LogP contribution in [0.15, 0.2) is 55.1 Å². The normalized spacial score (nSPS) is 12.0. The fourth-order valence-corrected chi connectivity index (χ4v) is 5.06. The molecule has 0 bridgehead atoms. The fraction of sp³-hybridized carbons (Fsp3) is 0.395. The number of pyridine rings is 1. The number of benzene rings is 2. The highest BCUT2D eigenvalue weighted by molar-refractivity contribution is 5.82. The SMILES string of the molecule is C#Cc1ccc(OC)n2c(-c3ccc(C)c(C)c3)c(C(=C)C(C)CCN(C)C)nc12.CCc1ccc(C(C)(C)C)c(O)c1. The molecule has 4 rings (SSSR count). The summed E-state index contributed by atoms with van der Waals surface area (Å²) in [6.45, 7) is 20.3. The van der Waals surface area contributed by atoms with Crippen molar-refractivity contribution >= 4 is 11.2 Å². The predicted molar refractivity (Wildman–Crippen MR) is 182 cm³/mol. The van der Waals surface area contributed by atoms with Crippen LogP contribution in [0.1, 0.15) is 74.6 Å². The third-order valence-corrected chi connectivity index (χ3v) is 8.06. The maximum Gasteiger partial charge on any atom is 0.199 e. The van der Waals surface area contributed by atoms with Gasteiger partial charge in [0, 0.05) is 11.6 Å². The van der Waals surface area contributed by atoms with Crippen LogP contribution in [0.5, 0.6) is 11.6 Å². The van der Waals surface area contributed by atoms with Crippen molar-refractivity contribution in [3.05, 3.63) is 88.6 Å². The number of aromatic nitrogens is 2. The Hall–Kier alpha value is -4.01. The van der Waals surface area contributed by atoms with Gasteiger partial charge in [0.1, 0.15) is 5.75 Å². The minimum Gasteiger partial charge on any atom is -0.508 e. The molecule has 5 nitrogen and oxygen atoms in total. The zero-order valence-electron chi connectivity index (χ0n) is 27.8. The Bertz CT molecular complexity index is 1630. The largest absolute Gasteiger partial charge is 0.508 e. The molecule has 0 radical (unpaired) electrons. The number of phenols is 1. The molecule has 4 aromatic rings. The second-order valence-electron chi connectivity index (χ2n) is 12.7. The first kappa shape index (κ1) is 33.5. The molecule has 0 spiro atoms. The molecule has 0 amide bonds. The van der Waals surface area contributed by atoms with Gasteiger partial charge in [-0.05, 0) is 105 Å². The van der Waals surface area contributed by atoms with E-state index in [1.54, 1.807) is 7.11 Å². The topological polar surface area (TPSA) is 50.0 Å². The first-order valence-electron chi connectivity index (χ1n) is 15.0. The molecule has 0 aliphatic rings. The molecular weight excluding hydrogens is 530 g/mol. The van der Waals surface area contributed by atoms with E-state index in [9.17, 15) is 5.11 Å². The van der Waals surface area contributed by atoms with Gasteiger partial charge in [-0.15, -0.1) is 6.42 Å². The minimum atomic E-state index is 0.0242. The molecule has 0 aliphatic heterocycles. The third kappa shape index (κ3) is 7.69. The van der Waals surface area contributed by atoms with Gasteiger partial charge in [-0.25, -0.2) is 4.98 Å². The fourth-order valence-electron chi connectivity index (χ4n) is 5.06. The molecule has 0 fully saturated rings. The zero-order valence-corrected chi connectivity index (χ0v) is 27.8. The number of aromatic hydroxyl groups is 1. The number of methoxy groups -OCH3 is 1. The summed E-state index contributed by atoms with van der Waals surface area (Å²) < 4.78 is 7.72. The number of nitrogens with zero attached hydrogens (tertiary/aromatic N) is 3. The number of phenolic OH excluding ortho intramolecular Hbond substituents is 1. The maximum atomic E-state index is 9.76. The highest BCUT2D eigenvalue weighted by Crippen LogP contribution is 2.37. The minimum absolute atomic E-state index is 0.0242. The molecule has 0 saturated heterocycles. The molecule has 2 heterocycles. The summed E-state index contributed by atoms with van der Waals surface area (Å²) in [5.74, 6) is 4.17. The van der Waals surface area contributed by atoms with E-state index in [-0.39, 0.29) is 11.3 Å². The highest BCUT2D eigenvalue weighted by Gasteiger charge is 2.24. The molecule has 228 valence electrons. The molecule has 1 atom stereocenters. The summed E-state index contributed by atoms with van der Waals surface area (Å²) >= 11 is 0. The van der Waals surface area contributed by atoms with Gasteiger partial charge < -0.3 is 14.7 Å². The maximum absolute atomic E-state index is 9.76. The van der Waals surface area contributed by atoms with E-state index in [4.69, 9.17) is 16.1 Å². The quantitative estimate of drug-likeness (QED) is 0.213. The van der Waals surface area contributed by atoms with Crippen LogP contribution in [0.4, 0.5) is 0 Å². The number of ether oxygens (including phenoxy) is 1. The summed E-state index contributed by atoms with van der Waals surface area (Å²) in [5, 5.41) is 9.76. The number of allylic oxidation sites excluding steroid dienone is 1. The average Bonchev–Trinajstić information content (AvgIpc) is 3.36. The van der Waals surface area contributed by atoms with Crippen molar-refractivity contribution in [1.29, 1.82) is 0 Å². The highest BCUT2D eigenvalue weighted by atomic mass is 16.5. The number of aryl methyl sites for hydroxylation is 3. The van der Waals surface area contributed by atoms with Gasteiger partial charge in [-0.2, -0.15) is 0 Å². The van der Waals surface area contributed by atoms with Crippen LogP contribution in [-0.2, 0) is 11.8 Å². The predicted octanol–water partition coefficient (Wildman–Crippen LogP) is 8.46. The first-order chi connectivity index (χ1) is 20.2.